The average Bonchev–Trinajstić information content (AvgIpc) is 2.24. The summed E-state index contributed by atoms with van der Waals surface area (Å²) in [5.74, 6) is -1.02. The molecule has 0 fully saturated rings. The van der Waals surface area contributed by atoms with Gasteiger partial charge in [0.05, 0.1) is 6.61 Å². The molecular weight excluding hydrogens is 228 g/mol. The van der Waals surface area contributed by atoms with Gasteiger partial charge in [0.1, 0.15) is 0 Å². The van der Waals surface area contributed by atoms with Gasteiger partial charge in [-0.2, -0.15) is 11.8 Å². The van der Waals surface area contributed by atoms with E-state index < -0.39 is 17.4 Å². The van der Waals surface area contributed by atoms with Crippen LogP contribution in [0.4, 0.5) is 0 Å². The summed E-state index contributed by atoms with van der Waals surface area (Å²) in [6, 6.07) is 0. The van der Waals surface area contributed by atoms with Crippen LogP contribution in [0.15, 0.2) is 0 Å². The summed E-state index contributed by atoms with van der Waals surface area (Å²) in [5, 5.41) is 9.27. The quantitative estimate of drug-likeness (QED) is 0.527. The Kier molecular flexibility index (Phi) is 7.21. The zero-order valence-corrected chi connectivity index (χ0v) is 10.9. The number of carbonyl (C=O) groups excluding carboxylic acids is 1. The standard InChI is InChI=1S/C11H20O4S/c1-4-6-11(9(12)13,7-8-16-3)10(14)15-5-2/h4-8H2,1-3H3,(H,12,13). The molecule has 1 atom stereocenters. The first-order valence-corrected chi connectivity index (χ1v) is 6.84. The van der Waals surface area contributed by atoms with Crippen LogP contribution in [-0.2, 0) is 14.3 Å². The van der Waals surface area contributed by atoms with Gasteiger partial charge in [-0.15, -0.1) is 0 Å². The third-order valence-corrected chi connectivity index (χ3v) is 3.10. The van der Waals surface area contributed by atoms with Crippen molar-refractivity contribution in [2.45, 2.75) is 33.1 Å². The number of hydrogen-bond donors (Lipinski definition) is 1. The van der Waals surface area contributed by atoms with E-state index in [0.29, 0.717) is 25.0 Å². The summed E-state index contributed by atoms with van der Waals surface area (Å²) < 4.78 is 4.89. The molecule has 4 nitrogen and oxygen atoms in total. The van der Waals surface area contributed by atoms with Crippen molar-refractivity contribution in [2.24, 2.45) is 5.41 Å². The van der Waals surface area contributed by atoms with Crippen LogP contribution >= 0.6 is 11.8 Å². The van der Waals surface area contributed by atoms with Crippen LogP contribution in [0.25, 0.3) is 0 Å². The Morgan fingerprint density at radius 1 is 1.31 bits per heavy atom. The van der Waals surface area contributed by atoms with E-state index in [1.54, 1.807) is 6.92 Å². The van der Waals surface area contributed by atoms with Crippen LogP contribution in [0.5, 0.6) is 0 Å². The molecule has 0 aliphatic heterocycles. The highest BCUT2D eigenvalue weighted by atomic mass is 32.2. The Hall–Kier alpha value is -0.710. The van der Waals surface area contributed by atoms with E-state index in [0.717, 1.165) is 0 Å². The largest absolute Gasteiger partial charge is 0.480 e. The molecule has 0 saturated heterocycles. The second-order valence-electron chi connectivity index (χ2n) is 3.60. The van der Waals surface area contributed by atoms with Crippen molar-refractivity contribution in [2.75, 3.05) is 18.6 Å². The van der Waals surface area contributed by atoms with Gasteiger partial charge in [0.25, 0.3) is 0 Å². The summed E-state index contributed by atoms with van der Waals surface area (Å²) in [7, 11) is 0. The van der Waals surface area contributed by atoms with E-state index in [9.17, 15) is 14.7 Å². The predicted octanol–water partition coefficient (Wildman–Crippen LogP) is 2.17. The number of esters is 1. The molecule has 0 aromatic carbocycles. The highest BCUT2D eigenvalue weighted by Gasteiger charge is 2.46. The van der Waals surface area contributed by atoms with E-state index in [2.05, 4.69) is 0 Å². The zero-order valence-electron chi connectivity index (χ0n) is 10.1. The van der Waals surface area contributed by atoms with E-state index >= 15 is 0 Å². The number of carboxylic acid groups (broad SMARTS) is 1. The lowest BCUT2D eigenvalue weighted by Gasteiger charge is -2.26. The molecule has 1 unspecified atom stereocenters. The van der Waals surface area contributed by atoms with Crippen molar-refractivity contribution >= 4 is 23.7 Å². The minimum absolute atomic E-state index is 0.219. The molecule has 94 valence electrons. The molecule has 0 heterocycles. The number of aliphatic carboxylic acids is 1. The number of carboxylic acids is 1. The van der Waals surface area contributed by atoms with Gasteiger partial charge in [0, 0.05) is 0 Å². The van der Waals surface area contributed by atoms with Gasteiger partial charge in [0.2, 0.25) is 0 Å². The van der Waals surface area contributed by atoms with Gasteiger partial charge in [0.15, 0.2) is 5.41 Å². The molecule has 16 heavy (non-hydrogen) atoms. The van der Waals surface area contributed by atoms with Crippen LogP contribution in [0, 0.1) is 5.41 Å². The van der Waals surface area contributed by atoms with Crippen molar-refractivity contribution in [1.82, 2.24) is 0 Å². The maximum Gasteiger partial charge on any atom is 0.323 e. The number of rotatable bonds is 8. The van der Waals surface area contributed by atoms with Crippen LogP contribution in [0.2, 0.25) is 0 Å². The van der Waals surface area contributed by atoms with Crippen LogP contribution < -0.4 is 0 Å². The van der Waals surface area contributed by atoms with Crippen molar-refractivity contribution in [1.29, 1.82) is 0 Å². The molecule has 1 N–H and O–H groups in total. The second-order valence-corrected chi connectivity index (χ2v) is 4.59. The minimum atomic E-state index is -1.35. The third-order valence-electron chi connectivity index (χ3n) is 2.49. The van der Waals surface area contributed by atoms with Gasteiger partial charge in [-0.1, -0.05) is 13.3 Å². The summed E-state index contributed by atoms with van der Waals surface area (Å²) in [6.45, 7) is 3.78. The topological polar surface area (TPSA) is 63.6 Å². The summed E-state index contributed by atoms with van der Waals surface area (Å²) in [6.07, 6.45) is 3.21. The third kappa shape index (κ3) is 3.70. The number of ether oxygens (including phenoxy) is 1. The van der Waals surface area contributed by atoms with Gasteiger partial charge >= 0.3 is 11.9 Å². The monoisotopic (exact) mass is 248 g/mol. The molecule has 0 radical (unpaired) electrons. The average molecular weight is 248 g/mol. The molecule has 0 spiro atoms. The second kappa shape index (κ2) is 7.54. The van der Waals surface area contributed by atoms with E-state index in [-0.39, 0.29) is 6.61 Å². The molecule has 0 amide bonds. The molecule has 0 saturated carbocycles. The van der Waals surface area contributed by atoms with Gasteiger partial charge < -0.3 is 9.84 Å². The summed E-state index contributed by atoms with van der Waals surface area (Å²) >= 11 is 1.54. The van der Waals surface area contributed by atoms with Crippen LogP contribution in [0.3, 0.4) is 0 Å². The lowest BCUT2D eigenvalue weighted by atomic mass is 9.81. The Morgan fingerprint density at radius 3 is 2.31 bits per heavy atom. The van der Waals surface area contributed by atoms with E-state index in [1.165, 1.54) is 11.8 Å². The number of carbonyl (C=O) groups is 2. The lowest BCUT2D eigenvalue weighted by molar-refractivity contribution is -0.169. The highest BCUT2D eigenvalue weighted by molar-refractivity contribution is 7.98. The molecular formula is C11H20O4S. The molecule has 0 aliphatic rings. The normalized spacial score (nSPS) is 14.2. The Morgan fingerprint density at radius 2 is 1.94 bits per heavy atom. The fourth-order valence-corrected chi connectivity index (χ4v) is 2.16. The first-order chi connectivity index (χ1) is 7.55. The van der Waals surface area contributed by atoms with Gasteiger partial charge in [-0.25, -0.2) is 0 Å². The summed E-state index contributed by atoms with van der Waals surface area (Å²) in [4.78, 5) is 23.1. The maximum atomic E-state index is 11.8. The molecule has 5 heteroatoms. The molecule has 0 aromatic rings. The van der Waals surface area contributed by atoms with Crippen molar-refractivity contribution < 1.29 is 19.4 Å². The Balaban J connectivity index is 4.91. The number of hydrogen-bond acceptors (Lipinski definition) is 4. The van der Waals surface area contributed by atoms with Crippen LogP contribution in [0.1, 0.15) is 33.1 Å². The Labute approximate surface area is 101 Å². The maximum absolute atomic E-state index is 11.8. The van der Waals surface area contributed by atoms with Crippen LogP contribution in [-0.4, -0.2) is 35.7 Å². The molecule has 0 bridgehead atoms. The zero-order chi connectivity index (χ0) is 12.6. The minimum Gasteiger partial charge on any atom is -0.480 e. The Bertz CT molecular complexity index is 242. The van der Waals surface area contributed by atoms with Gasteiger partial charge in [-0.3, -0.25) is 9.59 Å². The van der Waals surface area contributed by atoms with Crippen molar-refractivity contribution in [3.8, 4) is 0 Å². The fourth-order valence-electron chi connectivity index (χ4n) is 1.60. The predicted molar refractivity (Wildman–Crippen MR) is 64.6 cm³/mol. The molecule has 0 aliphatic carbocycles. The van der Waals surface area contributed by atoms with E-state index in [1.807, 2.05) is 13.2 Å². The lowest BCUT2D eigenvalue weighted by Crippen LogP contribution is -2.41. The number of thioether (sulfide) groups is 1. The smallest absolute Gasteiger partial charge is 0.323 e. The van der Waals surface area contributed by atoms with Gasteiger partial charge in [-0.05, 0) is 31.8 Å². The SMILES string of the molecule is CCCC(CCSC)(C(=O)O)C(=O)OCC. The van der Waals surface area contributed by atoms with Crippen molar-refractivity contribution in [3.05, 3.63) is 0 Å². The fraction of sp³-hybridized carbons (Fsp3) is 0.818. The first kappa shape index (κ1) is 15.3. The summed E-state index contributed by atoms with van der Waals surface area (Å²) in [5.41, 5.74) is -1.35. The first-order valence-electron chi connectivity index (χ1n) is 5.44. The van der Waals surface area contributed by atoms with Crippen molar-refractivity contribution in [3.63, 3.8) is 0 Å². The van der Waals surface area contributed by atoms with E-state index in [4.69, 9.17) is 4.74 Å². The molecule has 0 rings (SSSR count). The highest BCUT2D eigenvalue weighted by Crippen LogP contribution is 2.31. The molecule has 0 aromatic heterocycles.